The number of nitrogens with zero attached hydrogens (tertiary/aromatic N) is 1. The van der Waals surface area contributed by atoms with E-state index in [9.17, 15) is 4.79 Å². The molecule has 1 saturated carbocycles. The topological polar surface area (TPSA) is 64.8 Å². The van der Waals surface area contributed by atoms with Crippen LogP contribution in [0.25, 0.3) is 0 Å². The van der Waals surface area contributed by atoms with Gasteiger partial charge < -0.3 is 15.2 Å². The average Bonchev–Trinajstić information content (AvgIpc) is 2.75. The van der Waals surface area contributed by atoms with Gasteiger partial charge in [0.05, 0.1) is 13.2 Å². The van der Waals surface area contributed by atoms with Gasteiger partial charge in [0.25, 0.3) is 0 Å². The summed E-state index contributed by atoms with van der Waals surface area (Å²) in [4.78, 5) is 14.3. The van der Waals surface area contributed by atoms with Crippen LogP contribution in [-0.2, 0) is 14.3 Å². The van der Waals surface area contributed by atoms with Crippen LogP contribution in [-0.4, -0.2) is 55.4 Å². The summed E-state index contributed by atoms with van der Waals surface area (Å²) in [6.07, 6.45) is 2.32. The van der Waals surface area contributed by atoms with E-state index >= 15 is 0 Å². The van der Waals surface area contributed by atoms with Crippen molar-refractivity contribution in [2.45, 2.75) is 57.7 Å². The Hall–Kier alpha value is -0.650. The molecular formula is C14H28N2O3. The number of carbonyl (C=O) groups excluding carboxylic acids is 1. The lowest BCUT2D eigenvalue weighted by Gasteiger charge is -2.34. The predicted octanol–water partition coefficient (Wildman–Crippen LogP) is 1.16. The summed E-state index contributed by atoms with van der Waals surface area (Å²) < 4.78 is 10.3. The van der Waals surface area contributed by atoms with E-state index in [1.54, 1.807) is 7.11 Å². The Morgan fingerprint density at radius 3 is 2.74 bits per heavy atom. The summed E-state index contributed by atoms with van der Waals surface area (Å²) >= 11 is 0. The van der Waals surface area contributed by atoms with E-state index in [-0.39, 0.29) is 5.97 Å². The molecule has 1 rings (SSSR count). The highest BCUT2D eigenvalue weighted by Crippen LogP contribution is 2.33. The minimum Gasteiger partial charge on any atom is -0.465 e. The molecule has 3 atom stereocenters. The fraction of sp³-hybridized carbons (Fsp3) is 0.929. The Morgan fingerprint density at radius 2 is 2.21 bits per heavy atom. The van der Waals surface area contributed by atoms with Crippen molar-refractivity contribution in [3.05, 3.63) is 0 Å². The first-order valence-corrected chi connectivity index (χ1v) is 7.19. The van der Waals surface area contributed by atoms with Crippen LogP contribution in [0.15, 0.2) is 0 Å². The van der Waals surface area contributed by atoms with Gasteiger partial charge in [-0.15, -0.1) is 0 Å². The van der Waals surface area contributed by atoms with Crippen molar-refractivity contribution in [3.63, 3.8) is 0 Å². The highest BCUT2D eigenvalue weighted by molar-refractivity contribution is 5.81. The number of rotatable bonds is 7. The molecule has 0 saturated heterocycles. The number of carbonyl (C=O) groups is 1. The third kappa shape index (κ3) is 3.91. The molecule has 0 bridgehead atoms. The number of methoxy groups -OCH3 is 1. The van der Waals surface area contributed by atoms with Crippen molar-refractivity contribution in [3.8, 4) is 0 Å². The monoisotopic (exact) mass is 272 g/mol. The third-order valence-electron chi connectivity index (χ3n) is 4.01. The molecule has 3 unspecified atom stereocenters. The van der Waals surface area contributed by atoms with Crippen LogP contribution in [0, 0.1) is 0 Å². The first kappa shape index (κ1) is 16.4. The molecule has 1 aliphatic rings. The molecule has 0 amide bonds. The van der Waals surface area contributed by atoms with E-state index in [4.69, 9.17) is 15.2 Å². The largest absolute Gasteiger partial charge is 0.465 e. The second-order valence-corrected chi connectivity index (χ2v) is 5.41. The SMILES string of the molecule is CCOC(=O)C1(N)CCC(N(CC)C(C)COC)C1. The van der Waals surface area contributed by atoms with Gasteiger partial charge in [-0.05, 0) is 39.7 Å². The van der Waals surface area contributed by atoms with Crippen molar-refractivity contribution < 1.29 is 14.3 Å². The molecule has 19 heavy (non-hydrogen) atoms. The smallest absolute Gasteiger partial charge is 0.326 e. The number of hydrogen-bond donors (Lipinski definition) is 1. The Kier molecular flexibility index (Phi) is 6.23. The maximum atomic E-state index is 11.9. The molecular weight excluding hydrogens is 244 g/mol. The van der Waals surface area contributed by atoms with Crippen LogP contribution in [0.1, 0.15) is 40.0 Å². The molecule has 5 heteroatoms. The van der Waals surface area contributed by atoms with Crippen molar-refractivity contribution in [2.24, 2.45) is 5.73 Å². The highest BCUT2D eigenvalue weighted by atomic mass is 16.5. The number of nitrogens with two attached hydrogens (primary N) is 1. The Bertz CT molecular complexity index is 298. The number of ether oxygens (including phenoxy) is 2. The Balaban J connectivity index is 2.65. The van der Waals surface area contributed by atoms with Crippen LogP contribution in [0.4, 0.5) is 0 Å². The van der Waals surface area contributed by atoms with Gasteiger partial charge in [0.1, 0.15) is 5.54 Å². The fourth-order valence-electron chi connectivity index (χ4n) is 3.06. The molecule has 0 radical (unpaired) electrons. The quantitative estimate of drug-likeness (QED) is 0.704. The molecule has 2 N–H and O–H groups in total. The second-order valence-electron chi connectivity index (χ2n) is 5.41. The second kappa shape index (κ2) is 7.22. The molecule has 0 aliphatic heterocycles. The fourth-order valence-corrected chi connectivity index (χ4v) is 3.06. The molecule has 0 spiro atoms. The summed E-state index contributed by atoms with van der Waals surface area (Å²) in [5.74, 6) is -0.257. The zero-order valence-corrected chi connectivity index (χ0v) is 12.6. The zero-order chi connectivity index (χ0) is 14.5. The van der Waals surface area contributed by atoms with Crippen LogP contribution in [0.2, 0.25) is 0 Å². The molecule has 0 heterocycles. The molecule has 5 nitrogen and oxygen atoms in total. The van der Waals surface area contributed by atoms with E-state index in [1.807, 2.05) is 6.92 Å². The maximum absolute atomic E-state index is 11.9. The van der Waals surface area contributed by atoms with Crippen LogP contribution >= 0.6 is 0 Å². The van der Waals surface area contributed by atoms with Crippen molar-refractivity contribution in [1.29, 1.82) is 0 Å². The van der Waals surface area contributed by atoms with Gasteiger partial charge in [-0.2, -0.15) is 0 Å². The summed E-state index contributed by atoms with van der Waals surface area (Å²) in [5, 5.41) is 0. The summed E-state index contributed by atoms with van der Waals surface area (Å²) in [6.45, 7) is 8.11. The molecule has 1 aliphatic carbocycles. The van der Waals surface area contributed by atoms with E-state index in [1.165, 1.54) is 0 Å². The van der Waals surface area contributed by atoms with Gasteiger partial charge in [0.2, 0.25) is 0 Å². The number of hydrogen-bond acceptors (Lipinski definition) is 5. The van der Waals surface area contributed by atoms with E-state index < -0.39 is 5.54 Å². The molecule has 0 aromatic heterocycles. The van der Waals surface area contributed by atoms with Crippen LogP contribution in [0.3, 0.4) is 0 Å². The number of esters is 1. The minimum absolute atomic E-state index is 0.257. The van der Waals surface area contributed by atoms with E-state index in [2.05, 4.69) is 18.7 Å². The first-order chi connectivity index (χ1) is 8.98. The average molecular weight is 272 g/mol. The van der Waals surface area contributed by atoms with E-state index in [0.29, 0.717) is 38.1 Å². The molecule has 0 aromatic carbocycles. The summed E-state index contributed by atoms with van der Waals surface area (Å²) in [7, 11) is 1.71. The van der Waals surface area contributed by atoms with Crippen LogP contribution < -0.4 is 5.73 Å². The van der Waals surface area contributed by atoms with Gasteiger partial charge in [0.15, 0.2) is 0 Å². The van der Waals surface area contributed by atoms with Crippen molar-refractivity contribution in [1.82, 2.24) is 4.90 Å². The van der Waals surface area contributed by atoms with Crippen molar-refractivity contribution in [2.75, 3.05) is 26.9 Å². The van der Waals surface area contributed by atoms with Gasteiger partial charge in [-0.3, -0.25) is 9.69 Å². The molecule has 112 valence electrons. The van der Waals surface area contributed by atoms with Gasteiger partial charge in [-0.25, -0.2) is 0 Å². The molecule has 1 fully saturated rings. The van der Waals surface area contributed by atoms with Gasteiger partial charge in [0, 0.05) is 19.2 Å². The van der Waals surface area contributed by atoms with Gasteiger partial charge in [-0.1, -0.05) is 6.92 Å². The van der Waals surface area contributed by atoms with Crippen LogP contribution in [0.5, 0.6) is 0 Å². The first-order valence-electron chi connectivity index (χ1n) is 7.19. The zero-order valence-electron chi connectivity index (χ0n) is 12.6. The van der Waals surface area contributed by atoms with Crippen molar-refractivity contribution >= 4 is 5.97 Å². The van der Waals surface area contributed by atoms with E-state index in [0.717, 1.165) is 13.0 Å². The number of likely N-dealkylation sites (N-methyl/N-ethyl adjacent to an activating group) is 1. The standard InChI is InChI=1S/C14H28N2O3/c1-5-16(11(3)10-18-4)12-7-8-14(15,9-12)13(17)19-6-2/h11-12H,5-10,15H2,1-4H3. The highest BCUT2D eigenvalue weighted by Gasteiger charge is 2.45. The third-order valence-corrected chi connectivity index (χ3v) is 4.01. The summed E-state index contributed by atoms with van der Waals surface area (Å²) in [6, 6.07) is 0.675. The lowest BCUT2D eigenvalue weighted by atomic mass is 9.99. The Morgan fingerprint density at radius 1 is 1.53 bits per heavy atom. The summed E-state index contributed by atoms with van der Waals surface area (Å²) in [5.41, 5.74) is 5.41. The normalized spacial score (nSPS) is 28.6. The lowest BCUT2D eigenvalue weighted by molar-refractivity contribution is -0.149. The Labute approximate surface area is 116 Å². The van der Waals surface area contributed by atoms with Gasteiger partial charge >= 0.3 is 5.97 Å². The maximum Gasteiger partial charge on any atom is 0.326 e. The predicted molar refractivity (Wildman–Crippen MR) is 74.9 cm³/mol. The minimum atomic E-state index is -0.805. The molecule has 0 aromatic rings. The lowest BCUT2D eigenvalue weighted by Crippen LogP contribution is -2.49.